The number of carbonyl (C=O) groups excluding carboxylic acids is 4. The third kappa shape index (κ3) is 8.04. The lowest BCUT2D eigenvalue weighted by Crippen LogP contribution is -2.65. The standard InChI is InChI=1S/C43H49N3O19/c1-12-7-20-26(33(53)23(12)40(58)45-13(2)39(57)46-14(3)41(59)60)25-18(10-19-27(34(25)54)30(50)17-8-16(61-6)9-21(47)24(17)29(19)49)31(51)37(20)64-43-36(56)38(28(44-5)15(4)63-43)65-42-35(55)32(52)22(48)11-62-42/h7-10,13-15,22,28,31-32,35-38,42-44,47-48,51-56H,11H2,1-6H3,(H,45,58)(H,46,57)(H,59,60)/t13-,14+,15-,22-,28+,31+,32+,35-,36-,37+,38+,42+,43+/m1/s1. The molecule has 0 aromatic heterocycles. The number of hydrogen-bond donors (Lipinski definition) is 12. The SMILES string of the molecule is CN[C@@H]1[C@H](O[C@@H]2OC[C@@H](O)[C@H](O)[C@H]2O)[C@@H](O)[C@H](O[C@H]2c3cc(C)c(C(=O)N[C@H](C)C(=O)N[C@@H](C)C(=O)O)c(O)c3-c3c(cc4c(c3O)C(=O)c3cc(OC)cc(O)c3C4=O)[C@@H]2O)O[C@@H]1C. The van der Waals surface area contributed by atoms with E-state index >= 15 is 0 Å². The number of aliphatic hydroxyl groups is 5. The van der Waals surface area contributed by atoms with Gasteiger partial charge >= 0.3 is 5.97 Å². The lowest BCUT2D eigenvalue weighted by Gasteiger charge is -2.47. The van der Waals surface area contributed by atoms with Crippen molar-refractivity contribution in [3.05, 3.63) is 68.8 Å². The highest BCUT2D eigenvalue weighted by Crippen LogP contribution is 2.57. The van der Waals surface area contributed by atoms with Crippen molar-refractivity contribution >= 4 is 29.4 Å². The monoisotopic (exact) mass is 911 g/mol. The van der Waals surface area contributed by atoms with Crippen molar-refractivity contribution in [2.75, 3.05) is 20.8 Å². The second-order valence-corrected chi connectivity index (χ2v) is 16.4. The summed E-state index contributed by atoms with van der Waals surface area (Å²) >= 11 is 0. The molecule has 22 nitrogen and oxygen atoms in total. The predicted molar refractivity (Wildman–Crippen MR) is 218 cm³/mol. The number of rotatable bonds is 11. The van der Waals surface area contributed by atoms with Gasteiger partial charge < -0.3 is 85.6 Å². The number of methoxy groups -OCH3 is 1. The number of ketones is 2. The Kier molecular flexibility index (Phi) is 13.0. The molecule has 2 aliphatic heterocycles. The number of aryl methyl sites for hydroxylation is 1. The molecule has 2 heterocycles. The molecule has 12 N–H and O–H groups in total. The molecule has 0 radical (unpaired) electrons. The number of aliphatic carboxylic acids is 1. The Morgan fingerprint density at radius 3 is 2.08 bits per heavy atom. The van der Waals surface area contributed by atoms with Gasteiger partial charge in [-0.05, 0) is 63.6 Å². The molecule has 3 aromatic carbocycles. The molecular formula is C43H49N3O19. The van der Waals surface area contributed by atoms with Crippen molar-refractivity contribution in [1.82, 2.24) is 16.0 Å². The Morgan fingerprint density at radius 2 is 1.43 bits per heavy atom. The summed E-state index contributed by atoms with van der Waals surface area (Å²) < 4.78 is 29.0. The van der Waals surface area contributed by atoms with Crippen LogP contribution in [0.1, 0.15) is 91.9 Å². The highest BCUT2D eigenvalue weighted by atomic mass is 16.7. The number of hydrogen-bond acceptors (Lipinski definition) is 19. The number of nitrogens with one attached hydrogen (secondary N) is 3. The summed E-state index contributed by atoms with van der Waals surface area (Å²) in [6, 6.07) is 1.12. The number of benzene rings is 3. The Balaban J connectivity index is 1.35. The normalized spacial score (nSPS) is 29.1. The molecule has 350 valence electrons. The Morgan fingerprint density at radius 1 is 0.785 bits per heavy atom. The van der Waals surface area contributed by atoms with Gasteiger partial charge in [0.1, 0.15) is 77.8 Å². The molecule has 2 saturated heterocycles. The first-order chi connectivity index (χ1) is 30.6. The molecule has 0 unspecified atom stereocenters. The van der Waals surface area contributed by atoms with Gasteiger partial charge in [-0.25, -0.2) is 0 Å². The minimum absolute atomic E-state index is 0.00195. The number of aliphatic hydroxyl groups excluding tert-OH is 5. The quantitative estimate of drug-likeness (QED) is 0.0849. The fourth-order valence-corrected chi connectivity index (χ4v) is 8.70. The summed E-state index contributed by atoms with van der Waals surface area (Å²) in [4.78, 5) is 66.4. The number of aromatic hydroxyl groups is 3. The second-order valence-electron chi connectivity index (χ2n) is 16.4. The van der Waals surface area contributed by atoms with Crippen LogP contribution in [-0.4, -0.2) is 163 Å². The van der Waals surface area contributed by atoms with Crippen molar-refractivity contribution in [3.63, 3.8) is 0 Å². The molecule has 0 bridgehead atoms. The second kappa shape index (κ2) is 17.9. The number of carbonyl (C=O) groups is 5. The number of phenolic OH excluding ortho intramolecular Hbond substituents is 3. The molecule has 2 aliphatic carbocycles. The predicted octanol–water partition coefficient (Wildman–Crippen LogP) is -1.11. The van der Waals surface area contributed by atoms with Crippen LogP contribution in [0.3, 0.4) is 0 Å². The van der Waals surface area contributed by atoms with Crippen LogP contribution < -0.4 is 20.7 Å². The fourth-order valence-electron chi connectivity index (χ4n) is 8.70. The first-order valence-electron chi connectivity index (χ1n) is 20.4. The lowest BCUT2D eigenvalue weighted by atomic mass is 9.74. The number of phenols is 3. The summed E-state index contributed by atoms with van der Waals surface area (Å²) in [6.07, 6.45) is -15.7. The van der Waals surface area contributed by atoms with Crippen LogP contribution >= 0.6 is 0 Å². The van der Waals surface area contributed by atoms with E-state index in [1.54, 1.807) is 6.92 Å². The highest BCUT2D eigenvalue weighted by molar-refractivity contribution is 6.31. The first kappa shape index (κ1) is 47.2. The van der Waals surface area contributed by atoms with E-state index in [0.29, 0.717) is 0 Å². The largest absolute Gasteiger partial charge is 0.507 e. The Labute approximate surface area is 369 Å². The highest BCUT2D eigenvalue weighted by Gasteiger charge is 2.51. The van der Waals surface area contributed by atoms with Gasteiger partial charge in [0.05, 0.1) is 42.6 Å². The lowest BCUT2D eigenvalue weighted by molar-refractivity contribution is -0.339. The molecule has 4 aliphatic rings. The van der Waals surface area contributed by atoms with Crippen molar-refractivity contribution in [3.8, 4) is 34.1 Å². The van der Waals surface area contributed by atoms with E-state index in [-0.39, 0.29) is 28.0 Å². The number of carboxylic acid groups (broad SMARTS) is 1. The average Bonchev–Trinajstić information content (AvgIpc) is 3.25. The minimum Gasteiger partial charge on any atom is -0.507 e. The number of amides is 2. The number of likely N-dealkylation sites (N-methyl/N-ethyl adjacent to an activating group) is 1. The summed E-state index contributed by atoms with van der Waals surface area (Å²) in [7, 11) is 2.79. The minimum atomic E-state index is -1.92. The number of ether oxygens (including phenoxy) is 5. The topological polar surface area (TPSA) is 350 Å². The van der Waals surface area contributed by atoms with Crippen LogP contribution in [0.2, 0.25) is 0 Å². The molecule has 2 fully saturated rings. The number of carboxylic acids is 1. The maximum atomic E-state index is 14.2. The van der Waals surface area contributed by atoms with Crippen LogP contribution in [-0.2, 0) is 28.5 Å². The Hall–Kier alpha value is -5.79. The first-order valence-corrected chi connectivity index (χ1v) is 20.4. The van der Waals surface area contributed by atoms with Crippen molar-refractivity contribution in [2.45, 2.75) is 107 Å². The van der Waals surface area contributed by atoms with Crippen molar-refractivity contribution in [2.24, 2.45) is 0 Å². The zero-order valence-electron chi connectivity index (χ0n) is 35.6. The van der Waals surface area contributed by atoms with Gasteiger partial charge in [-0.3, -0.25) is 24.0 Å². The summed E-state index contributed by atoms with van der Waals surface area (Å²) in [5.41, 5.74) is -3.56. The third-order valence-electron chi connectivity index (χ3n) is 12.2. The van der Waals surface area contributed by atoms with Crippen LogP contribution in [0.5, 0.6) is 23.0 Å². The van der Waals surface area contributed by atoms with Crippen LogP contribution in [0.25, 0.3) is 11.1 Å². The van der Waals surface area contributed by atoms with Crippen molar-refractivity contribution < 1.29 is 93.6 Å². The molecule has 22 heteroatoms. The van der Waals surface area contributed by atoms with Gasteiger partial charge in [-0.15, -0.1) is 0 Å². The summed E-state index contributed by atoms with van der Waals surface area (Å²) in [6.45, 7) is 5.00. The van der Waals surface area contributed by atoms with Gasteiger partial charge in [0.15, 0.2) is 24.1 Å². The van der Waals surface area contributed by atoms with Gasteiger partial charge in [-0.1, -0.05) is 6.07 Å². The van der Waals surface area contributed by atoms with Gasteiger partial charge in [-0.2, -0.15) is 0 Å². The summed E-state index contributed by atoms with van der Waals surface area (Å²) in [5, 5.41) is 107. The molecule has 2 amide bonds. The Bertz CT molecular complexity index is 2460. The molecule has 0 spiro atoms. The van der Waals surface area contributed by atoms with E-state index in [9.17, 15) is 69.9 Å². The van der Waals surface area contributed by atoms with E-state index in [0.717, 1.165) is 12.1 Å². The molecule has 65 heavy (non-hydrogen) atoms. The fraction of sp³-hybridized carbons (Fsp3) is 0.465. The summed E-state index contributed by atoms with van der Waals surface area (Å²) in [5.74, 6) is -7.59. The molecule has 3 aromatic rings. The zero-order valence-corrected chi connectivity index (χ0v) is 35.6. The average molecular weight is 912 g/mol. The van der Waals surface area contributed by atoms with Gasteiger partial charge in [0.25, 0.3) is 5.91 Å². The van der Waals surface area contributed by atoms with Gasteiger partial charge in [0, 0.05) is 28.3 Å². The van der Waals surface area contributed by atoms with E-state index in [2.05, 4.69) is 16.0 Å². The zero-order chi connectivity index (χ0) is 47.7. The smallest absolute Gasteiger partial charge is 0.325 e. The molecular weight excluding hydrogens is 862 g/mol. The third-order valence-corrected chi connectivity index (χ3v) is 12.2. The molecule has 0 saturated carbocycles. The van der Waals surface area contributed by atoms with Gasteiger partial charge in [0.2, 0.25) is 5.91 Å². The van der Waals surface area contributed by atoms with Crippen LogP contribution in [0.4, 0.5) is 0 Å². The van der Waals surface area contributed by atoms with E-state index in [4.69, 9.17) is 23.7 Å². The number of fused-ring (bicyclic) bond motifs is 5. The maximum Gasteiger partial charge on any atom is 0.325 e. The van der Waals surface area contributed by atoms with Crippen LogP contribution in [0.15, 0.2) is 24.3 Å². The van der Waals surface area contributed by atoms with E-state index in [1.807, 2.05) is 0 Å². The van der Waals surface area contributed by atoms with Crippen molar-refractivity contribution in [1.29, 1.82) is 0 Å². The van der Waals surface area contributed by atoms with E-state index in [1.165, 1.54) is 47.1 Å². The molecule has 13 atom stereocenters. The van der Waals surface area contributed by atoms with Crippen LogP contribution in [0, 0.1) is 6.92 Å². The van der Waals surface area contributed by atoms with E-state index < -0.39 is 166 Å². The molecule has 7 rings (SSSR count). The maximum absolute atomic E-state index is 14.2.